The van der Waals surface area contributed by atoms with Gasteiger partial charge in [-0.2, -0.15) is 0 Å². The highest BCUT2D eigenvalue weighted by atomic mass is 32.2. The highest BCUT2D eigenvalue weighted by Crippen LogP contribution is 1.98. The Bertz CT molecular complexity index is 192. The third-order valence-electron chi connectivity index (χ3n) is 1.05. The van der Waals surface area contributed by atoms with E-state index in [-0.39, 0.29) is 0 Å². The molecule has 0 aliphatic rings. The van der Waals surface area contributed by atoms with Gasteiger partial charge in [-0.1, -0.05) is 0 Å². The third kappa shape index (κ3) is 6.53. The van der Waals surface area contributed by atoms with E-state index in [4.69, 9.17) is 9.47 Å². The molecule has 74 valence electrons. The second-order valence-corrected chi connectivity index (χ2v) is 3.51. The van der Waals surface area contributed by atoms with Crippen LogP contribution in [0.3, 0.4) is 0 Å². The van der Waals surface area contributed by atoms with Gasteiger partial charge in [0.15, 0.2) is 6.29 Å². The molecule has 0 saturated heterocycles. The highest BCUT2D eigenvalue weighted by molar-refractivity contribution is 7.85. The van der Waals surface area contributed by atoms with Gasteiger partial charge in [-0.25, -0.2) is 8.42 Å². The van der Waals surface area contributed by atoms with Crippen molar-refractivity contribution in [3.63, 3.8) is 0 Å². The number of ether oxygens (including phenoxy) is 2. The summed E-state index contributed by atoms with van der Waals surface area (Å²) in [4.78, 5) is 0. The van der Waals surface area contributed by atoms with E-state index in [9.17, 15) is 13.0 Å². The fourth-order valence-corrected chi connectivity index (χ4v) is 1.21. The molecule has 0 atom stereocenters. The Balaban J connectivity index is 3.95. The number of rotatable bonds is 6. The van der Waals surface area contributed by atoms with Crippen molar-refractivity contribution >= 4 is 10.1 Å². The molecule has 0 aromatic carbocycles. The molecule has 0 rings (SSSR count). The van der Waals surface area contributed by atoms with Gasteiger partial charge >= 0.3 is 0 Å². The lowest BCUT2D eigenvalue weighted by Crippen LogP contribution is -2.26. The first-order chi connectivity index (χ1) is 5.49. The van der Waals surface area contributed by atoms with Crippen molar-refractivity contribution in [3.05, 3.63) is 0 Å². The number of hydrogen-bond acceptors (Lipinski definition) is 5. The van der Waals surface area contributed by atoms with Crippen LogP contribution in [0, 0.1) is 0 Å². The van der Waals surface area contributed by atoms with Crippen LogP contribution in [0.25, 0.3) is 0 Å². The van der Waals surface area contributed by atoms with Crippen LogP contribution in [0.1, 0.15) is 13.8 Å². The summed E-state index contributed by atoms with van der Waals surface area (Å²) in [6, 6.07) is 0. The van der Waals surface area contributed by atoms with Crippen molar-refractivity contribution in [2.75, 3.05) is 19.0 Å². The average Bonchev–Trinajstić information content (AvgIpc) is 1.84. The van der Waals surface area contributed by atoms with Crippen LogP contribution >= 0.6 is 0 Å². The second-order valence-electron chi connectivity index (χ2n) is 2.06. The average molecular weight is 197 g/mol. The molecule has 0 N–H and O–H groups in total. The zero-order chi connectivity index (χ0) is 9.61. The normalized spacial score (nSPS) is 12.3. The molecule has 0 aromatic heterocycles. The molecule has 0 spiro atoms. The lowest BCUT2D eigenvalue weighted by atomic mass is 10.7. The lowest BCUT2D eigenvalue weighted by molar-refractivity contribution is -0.121. The van der Waals surface area contributed by atoms with Crippen molar-refractivity contribution in [1.29, 1.82) is 0 Å². The molecule has 5 nitrogen and oxygen atoms in total. The molecule has 0 aliphatic carbocycles. The van der Waals surface area contributed by atoms with E-state index in [0.717, 1.165) is 0 Å². The van der Waals surface area contributed by atoms with E-state index in [1.54, 1.807) is 13.8 Å². The Morgan fingerprint density at radius 3 is 1.92 bits per heavy atom. The Morgan fingerprint density at radius 2 is 1.67 bits per heavy atom. The molecule has 0 aromatic rings. The molecule has 0 saturated carbocycles. The molecule has 0 bridgehead atoms. The molecular formula is C6H13O5S-. The fourth-order valence-electron chi connectivity index (χ4n) is 0.683. The molecule has 0 fully saturated rings. The van der Waals surface area contributed by atoms with Crippen LogP contribution < -0.4 is 0 Å². The van der Waals surface area contributed by atoms with Gasteiger partial charge in [0.2, 0.25) is 0 Å². The van der Waals surface area contributed by atoms with Gasteiger partial charge < -0.3 is 14.0 Å². The lowest BCUT2D eigenvalue weighted by Gasteiger charge is -2.18. The van der Waals surface area contributed by atoms with E-state index in [1.807, 2.05) is 0 Å². The van der Waals surface area contributed by atoms with Gasteiger partial charge in [0.05, 0.1) is 15.9 Å². The van der Waals surface area contributed by atoms with Gasteiger partial charge in [-0.3, -0.25) is 0 Å². The quantitative estimate of drug-likeness (QED) is 0.440. The molecule has 0 radical (unpaired) electrons. The van der Waals surface area contributed by atoms with Gasteiger partial charge in [-0.05, 0) is 13.8 Å². The summed E-state index contributed by atoms with van der Waals surface area (Å²) in [5.41, 5.74) is 0. The first kappa shape index (κ1) is 11.8. The maximum Gasteiger partial charge on any atom is 0.170 e. The van der Waals surface area contributed by atoms with E-state index in [0.29, 0.717) is 13.2 Å². The van der Waals surface area contributed by atoms with Crippen LogP contribution in [-0.4, -0.2) is 38.2 Å². The number of hydrogen-bond donors (Lipinski definition) is 0. The maximum atomic E-state index is 10.3. The van der Waals surface area contributed by atoms with Crippen molar-refractivity contribution in [1.82, 2.24) is 0 Å². The Hall–Kier alpha value is -0.170. The predicted molar refractivity (Wildman–Crippen MR) is 41.6 cm³/mol. The molecule has 0 amide bonds. The summed E-state index contributed by atoms with van der Waals surface area (Å²) in [5, 5.41) is 0. The minimum Gasteiger partial charge on any atom is -0.748 e. The van der Waals surface area contributed by atoms with Crippen LogP contribution in [0.2, 0.25) is 0 Å². The zero-order valence-electron chi connectivity index (χ0n) is 7.15. The SMILES string of the molecule is CCOC(CS(=O)(=O)[O-])OCC. The van der Waals surface area contributed by atoms with Gasteiger partial charge in [0.1, 0.15) is 0 Å². The van der Waals surface area contributed by atoms with E-state index < -0.39 is 22.2 Å². The fraction of sp³-hybridized carbons (Fsp3) is 1.00. The van der Waals surface area contributed by atoms with Crippen molar-refractivity contribution in [2.45, 2.75) is 20.1 Å². The van der Waals surface area contributed by atoms with Crippen LogP contribution in [0.5, 0.6) is 0 Å². The van der Waals surface area contributed by atoms with Gasteiger partial charge in [0, 0.05) is 13.2 Å². The molecule has 0 heterocycles. The second kappa shape index (κ2) is 5.47. The summed E-state index contributed by atoms with van der Waals surface area (Å²) >= 11 is 0. The topological polar surface area (TPSA) is 75.7 Å². The Morgan fingerprint density at radius 1 is 1.25 bits per heavy atom. The van der Waals surface area contributed by atoms with E-state index >= 15 is 0 Å². The van der Waals surface area contributed by atoms with Crippen molar-refractivity contribution < 1.29 is 22.4 Å². The summed E-state index contributed by atoms with van der Waals surface area (Å²) < 4.78 is 40.5. The minimum atomic E-state index is -4.27. The molecule has 0 unspecified atom stereocenters. The molecular weight excluding hydrogens is 184 g/mol. The first-order valence-corrected chi connectivity index (χ1v) is 5.24. The maximum absolute atomic E-state index is 10.3. The van der Waals surface area contributed by atoms with E-state index in [2.05, 4.69) is 0 Å². The van der Waals surface area contributed by atoms with Crippen LogP contribution in [-0.2, 0) is 19.6 Å². The van der Waals surface area contributed by atoms with Crippen molar-refractivity contribution in [2.24, 2.45) is 0 Å². The monoisotopic (exact) mass is 197 g/mol. The Labute approximate surface area is 72.4 Å². The largest absolute Gasteiger partial charge is 0.748 e. The standard InChI is InChI=1S/C6H14O5S/c1-3-10-6(11-4-2)5-12(7,8)9/h6H,3-5H2,1-2H3,(H,7,8,9)/p-1. The molecule has 6 heteroatoms. The van der Waals surface area contributed by atoms with Crippen LogP contribution in [0.15, 0.2) is 0 Å². The van der Waals surface area contributed by atoms with Crippen LogP contribution in [0.4, 0.5) is 0 Å². The smallest absolute Gasteiger partial charge is 0.170 e. The Kier molecular flexibility index (Phi) is 5.39. The summed E-state index contributed by atoms with van der Waals surface area (Å²) in [6.07, 6.45) is -0.928. The third-order valence-corrected chi connectivity index (χ3v) is 1.73. The first-order valence-electron chi connectivity index (χ1n) is 3.66. The van der Waals surface area contributed by atoms with Gasteiger partial charge in [-0.15, -0.1) is 0 Å². The molecule has 0 aliphatic heterocycles. The zero-order valence-corrected chi connectivity index (χ0v) is 7.96. The summed E-state index contributed by atoms with van der Waals surface area (Å²) in [7, 11) is -4.27. The minimum absolute atomic E-state index is 0.320. The predicted octanol–water partition coefficient (Wildman–Crippen LogP) is -0.0693. The molecule has 12 heavy (non-hydrogen) atoms. The van der Waals surface area contributed by atoms with E-state index in [1.165, 1.54) is 0 Å². The highest BCUT2D eigenvalue weighted by Gasteiger charge is 2.11. The van der Waals surface area contributed by atoms with Gasteiger partial charge in [0.25, 0.3) is 0 Å². The summed E-state index contributed by atoms with van der Waals surface area (Å²) in [5.74, 6) is -0.630. The van der Waals surface area contributed by atoms with Crippen molar-refractivity contribution in [3.8, 4) is 0 Å². The summed E-state index contributed by atoms with van der Waals surface area (Å²) in [6.45, 7) is 4.03.